The number of piperidine rings is 1. The molecule has 0 aliphatic carbocycles. The molecule has 1 aromatic rings. The zero-order chi connectivity index (χ0) is 13.1. The van der Waals surface area contributed by atoms with Gasteiger partial charge in [-0.15, -0.1) is 0 Å². The molecule has 2 rings (SSSR count). The van der Waals surface area contributed by atoms with Crippen molar-refractivity contribution in [3.05, 3.63) is 23.8 Å². The van der Waals surface area contributed by atoms with Crippen LogP contribution in [0.25, 0.3) is 0 Å². The molecular formula is C15H24N2O. The van der Waals surface area contributed by atoms with Crippen molar-refractivity contribution in [2.75, 3.05) is 18.0 Å². The Bertz CT molecular complexity index is 395. The van der Waals surface area contributed by atoms with Crippen molar-refractivity contribution >= 4 is 5.69 Å². The molecule has 3 N–H and O–H groups in total. The van der Waals surface area contributed by atoms with Gasteiger partial charge in [0.25, 0.3) is 0 Å². The van der Waals surface area contributed by atoms with E-state index in [1.165, 1.54) is 19.3 Å². The van der Waals surface area contributed by atoms with Crippen LogP contribution in [0.5, 0.6) is 5.75 Å². The number of phenols is 1. The van der Waals surface area contributed by atoms with Crippen LogP contribution >= 0.6 is 0 Å². The lowest BCUT2D eigenvalue weighted by Gasteiger charge is -2.33. The summed E-state index contributed by atoms with van der Waals surface area (Å²) in [6.07, 6.45) is 3.79. The van der Waals surface area contributed by atoms with E-state index >= 15 is 0 Å². The number of nitrogens with two attached hydrogens (primary N) is 1. The predicted octanol–water partition coefficient (Wildman–Crippen LogP) is 3.04. The fourth-order valence-electron chi connectivity index (χ4n) is 2.71. The lowest BCUT2D eigenvalue weighted by molar-refractivity contribution is 0.394. The molecule has 18 heavy (non-hydrogen) atoms. The zero-order valence-corrected chi connectivity index (χ0v) is 11.4. The number of hydrogen-bond acceptors (Lipinski definition) is 3. The Morgan fingerprint density at radius 3 is 2.56 bits per heavy atom. The summed E-state index contributed by atoms with van der Waals surface area (Å²) in [6.45, 7) is 6.34. The standard InChI is InChI=1S/C15H24N2O/c1-3-12-6-8-17(9-7-12)13-4-5-14(11(2)16)15(18)10-13/h4-5,10-12,18H,3,6-9,16H2,1-2H3. The van der Waals surface area contributed by atoms with E-state index in [4.69, 9.17) is 5.73 Å². The highest BCUT2D eigenvalue weighted by Gasteiger charge is 2.19. The van der Waals surface area contributed by atoms with Crippen LogP contribution in [0, 0.1) is 5.92 Å². The summed E-state index contributed by atoms with van der Waals surface area (Å²) >= 11 is 0. The summed E-state index contributed by atoms with van der Waals surface area (Å²) in [5.41, 5.74) is 7.74. The van der Waals surface area contributed by atoms with E-state index in [1.54, 1.807) is 0 Å². The molecule has 0 spiro atoms. The van der Waals surface area contributed by atoms with Gasteiger partial charge in [0, 0.05) is 36.4 Å². The lowest BCUT2D eigenvalue weighted by Crippen LogP contribution is -2.33. The van der Waals surface area contributed by atoms with Crippen molar-refractivity contribution in [3.8, 4) is 5.75 Å². The van der Waals surface area contributed by atoms with Crippen molar-refractivity contribution in [1.29, 1.82) is 0 Å². The van der Waals surface area contributed by atoms with Gasteiger partial charge in [-0.1, -0.05) is 19.4 Å². The second-order valence-corrected chi connectivity index (χ2v) is 5.37. The SMILES string of the molecule is CCC1CCN(c2ccc(C(C)N)c(O)c2)CC1. The van der Waals surface area contributed by atoms with Crippen molar-refractivity contribution < 1.29 is 5.11 Å². The third-order valence-corrected chi connectivity index (χ3v) is 4.06. The van der Waals surface area contributed by atoms with E-state index < -0.39 is 0 Å². The Labute approximate surface area is 110 Å². The predicted molar refractivity (Wildman–Crippen MR) is 75.9 cm³/mol. The van der Waals surface area contributed by atoms with Crippen molar-refractivity contribution in [2.24, 2.45) is 11.7 Å². The van der Waals surface area contributed by atoms with Crippen LogP contribution in [0.15, 0.2) is 18.2 Å². The van der Waals surface area contributed by atoms with Crippen LogP contribution in [0.1, 0.15) is 44.7 Å². The average Bonchev–Trinajstić information content (AvgIpc) is 2.38. The van der Waals surface area contributed by atoms with E-state index in [0.29, 0.717) is 5.75 Å². The number of benzene rings is 1. The van der Waals surface area contributed by atoms with E-state index in [1.807, 2.05) is 19.1 Å². The van der Waals surface area contributed by atoms with E-state index in [9.17, 15) is 5.11 Å². The number of aromatic hydroxyl groups is 1. The molecule has 1 aromatic carbocycles. The highest BCUT2D eigenvalue weighted by molar-refractivity contribution is 5.54. The monoisotopic (exact) mass is 248 g/mol. The molecule has 1 fully saturated rings. The minimum atomic E-state index is -0.120. The summed E-state index contributed by atoms with van der Waals surface area (Å²) in [5, 5.41) is 9.98. The molecule has 1 unspecified atom stereocenters. The summed E-state index contributed by atoms with van der Waals surface area (Å²) in [4.78, 5) is 2.36. The van der Waals surface area contributed by atoms with Gasteiger partial charge in [0.15, 0.2) is 0 Å². The van der Waals surface area contributed by atoms with Gasteiger partial charge in [0.05, 0.1) is 0 Å². The molecule has 0 bridgehead atoms. The first-order valence-electron chi connectivity index (χ1n) is 6.95. The first-order chi connectivity index (χ1) is 8.61. The van der Waals surface area contributed by atoms with Gasteiger partial charge in [-0.05, 0) is 31.7 Å². The molecule has 1 aliphatic heterocycles. The second-order valence-electron chi connectivity index (χ2n) is 5.37. The van der Waals surface area contributed by atoms with Gasteiger partial charge in [0.2, 0.25) is 0 Å². The van der Waals surface area contributed by atoms with Crippen molar-refractivity contribution in [3.63, 3.8) is 0 Å². The van der Waals surface area contributed by atoms with E-state index in [-0.39, 0.29) is 6.04 Å². The molecule has 0 saturated carbocycles. The van der Waals surface area contributed by atoms with E-state index in [2.05, 4.69) is 17.9 Å². The number of hydrogen-bond donors (Lipinski definition) is 2. The average molecular weight is 248 g/mol. The third-order valence-electron chi connectivity index (χ3n) is 4.06. The number of phenolic OH excluding ortho intramolecular Hbond substituents is 1. The number of rotatable bonds is 3. The molecule has 0 amide bonds. The van der Waals surface area contributed by atoms with Gasteiger partial charge in [0.1, 0.15) is 5.75 Å². The summed E-state index contributed by atoms with van der Waals surface area (Å²) in [6, 6.07) is 5.75. The third kappa shape index (κ3) is 2.78. The van der Waals surface area contributed by atoms with Gasteiger partial charge in [-0.2, -0.15) is 0 Å². The molecule has 1 saturated heterocycles. The lowest BCUT2D eigenvalue weighted by atomic mass is 9.94. The largest absolute Gasteiger partial charge is 0.508 e. The van der Waals surface area contributed by atoms with Crippen LogP contribution in [0.4, 0.5) is 5.69 Å². The Kier molecular flexibility index (Phi) is 4.12. The topological polar surface area (TPSA) is 49.5 Å². The van der Waals surface area contributed by atoms with Crippen LogP contribution in [0.2, 0.25) is 0 Å². The van der Waals surface area contributed by atoms with Gasteiger partial charge in [-0.25, -0.2) is 0 Å². The first-order valence-corrected chi connectivity index (χ1v) is 6.95. The maximum atomic E-state index is 9.98. The molecule has 100 valence electrons. The number of anilines is 1. The van der Waals surface area contributed by atoms with Crippen LogP contribution in [-0.2, 0) is 0 Å². The molecule has 3 heteroatoms. The molecular weight excluding hydrogens is 224 g/mol. The maximum Gasteiger partial charge on any atom is 0.122 e. The van der Waals surface area contributed by atoms with Gasteiger partial charge < -0.3 is 15.7 Å². The minimum Gasteiger partial charge on any atom is -0.508 e. The molecule has 0 radical (unpaired) electrons. The zero-order valence-electron chi connectivity index (χ0n) is 11.4. The van der Waals surface area contributed by atoms with Crippen LogP contribution < -0.4 is 10.6 Å². The molecule has 0 aromatic heterocycles. The fraction of sp³-hybridized carbons (Fsp3) is 0.600. The Morgan fingerprint density at radius 2 is 2.06 bits per heavy atom. The molecule has 1 heterocycles. The molecule has 3 nitrogen and oxygen atoms in total. The minimum absolute atomic E-state index is 0.120. The van der Waals surface area contributed by atoms with E-state index in [0.717, 1.165) is 30.3 Å². The van der Waals surface area contributed by atoms with Gasteiger partial charge in [-0.3, -0.25) is 0 Å². The maximum absolute atomic E-state index is 9.98. The highest BCUT2D eigenvalue weighted by atomic mass is 16.3. The highest BCUT2D eigenvalue weighted by Crippen LogP contribution is 2.30. The Balaban J connectivity index is 2.08. The first kappa shape index (κ1) is 13.2. The van der Waals surface area contributed by atoms with Gasteiger partial charge >= 0.3 is 0 Å². The normalized spacial score (nSPS) is 18.9. The Hall–Kier alpha value is -1.22. The van der Waals surface area contributed by atoms with Crippen molar-refractivity contribution in [1.82, 2.24) is 0 Å². The van der Waals surface area contributed by atoms with Crippen LogP contribution in [-0.4, -0.2) is 18.2 Å². The molecule has 1 atom stereocenters. The quantitative estimate of drug-likeness (QED) is 0.864. The fourth-order valence-corrected chi connectivity index (χ4v) is 2.71. The molecule has 1 aliphatic rings. The summed E-state index contributed by atoms with van der Waals surface area (Å²) in [5.74, 6) is 1.19. The van der Waals surface area contributed by atoms with Crippen molar-refractivity contribution in [2.45, 2.75) is 39.2 Å². The summed E-state index contributed by atoms with van der Waals surface area (Å²) < 4.78 is 0. The second kappa shape index (κ2) is 5.61. The van der Waals surface area contributed by atoms with Crippen LogP contribution in [0.3, 0.4) is 0 Å². The number of nitrogens with zero attached hydrogens (tertiary/aromatic N) is 1. The Morgan fingerprint density at radius 1 is 1.39 bits per heavy atom. The summed E-state index contributed by atoms with van der Waals surface area (Å²) in [7, 11) is 0. The smallest absolute Gasteiger partial charge is 0.122 e.